The molecule has 0 bridgehead atoms. The van der Waals surface area contributed by atoms with Gasteiger partial charge in [0.15, 0.2) is 0 Å². The Hall–Kier alpha value is -0.940. The van der Waals surface area contributed by atoms with E-state index >= 15 is 0 Å². The smallest absolute Gasteiger partial charge is 0.207 e. The first-order valence-corrected chi connectivity index (χ1v) is 9.22. The van der Waals surface area contributed by atoms with E-state index in [1.54, 1.807) is 17.3 Å². The Kier molecular flexibility index (Phi) is 4.06. The molecule has 1 heterocycles. The minimum Gasteiger partial charge on any atom is -0.207 e. The van der Waals surface area contributed by atoms with Crippen LogP contribution in [0.5, 0.6) is 0 Å². The highest BCUT2D eigenvalue weighted by atomic mass is 32.2. The first-order valence-electron chi connectivity index (χ1n) is 7.78. The number of rotatable bonds is 2. The minimum absolute atomic E-state index is 0.111. The van der Waals surface area contributed by atoms with E-state index in [-0.39, 0.29) is 10.9 Å². The maximum atomic E-state index is 13.5. The molecule has 116 valence electrons. The molecular formula is C16H22FNO2S. The maximum absolute atomic E-state index is 13.5. The van der Waals surface area contributed by atoms with Crippen molar-refractivity contribution in [1.82, 2.24) is 4.31 Å². The zero-order valence-electron chi connectivity index (χ0n) is 12.4. The van der Waals surface area contributed by atoms with Gasteiger partial charge in [-0.3, -0.25) is 0 Å². The quantitative estimate of drug-likeness (QED) is 0.838. The molecule has 1 aliphatic carbocycles. The number of halogens is 1. The molecule has 2 unspecified atom stereocenters. The molecule has 0 amide bonds. The third-order valence-corrected chi connectivity index (χ3v) is 7.00. The second kappa shape index (κ2) is 5.69. The highest BCUT2D eigenvalue weighted by Gasteiger charge is 2.40. The van der Waals surface area contributed by atoms with Gasteiger partial charge in [-0.05, 0) is 56.2 Å². The lowest BCUT2D eigenvalue weighted by Crippen LogP contribution is -2.49. The predicted molar refractivity (Wildman–Crippen MR) is 80.0 cm³/mol. The molecule has 0 radical (unpaired) electrons. The first-order chi connectivity index (χ1) is 10.00. The van der Waals surface area contributed by atoms with E-state index in [0.717, 1.165) is 38.2 Å². The number of fused-ring (bicyclic) bond motifs is 1. The Morgan fingerprint density at radius 2 is 1.86 bits per heavy atom. The number of nitrogens with zero attached hydrogens (tertiary/aromatic N) is 1. The van der Waals surface area contributed by atoms with Crippen LogP contribution in [-0.4, -0.2) is 25.3 Å². The van der Waals surface area contributed by atoms with Crippen LogP contribution in [-0.2, 0) is 10.0 Å². The van der Waals surface area contributed by atoms with E-state index < -0.39 is 15.8 Å². The molecule has 0 N–H and O–H groups in total. The van der Waals surface area contributed by atoms with E-state index in [0.29, 0.717) is 18.0 Å². The van der Waals surface area contributed by atoms with Crippen molar-refractivity contribution in [3.05, 3.63) is 29.6 Å². The van der Waals surface area contributed by atoms with Crippen LogP contribution >= 0.6 is 0 Å². The highest BCUT2D eigenvalue weighted by molar-refractivity contribution is 7.89. The van der Waals surface area contributed by atoms with Gasteiger partial charge in [0.05, 0.1) is 4.90 Å². The number of benzene rings is 1. The van der Waals surface area contributed by atoms with Crippen LogP contribution in [0.4, 0.5) is 4.39 Å². The third-order valence-electron chi connectivity index (χ3n) is 4.93. The molecule has 1 aliphatic heterocycles. The summed E-state index contributed by atoms with van der Waals surface area (Å²) in [7, 11) is -3.59. The molecule has 2 fully saturated rings. The SMILES string of the molecule is Cc1ccc(F)cc1S(=O)(=O)N1CCCC2CCCCC21. The van der Waals surface area contributed by atoms with Crippen molar-refractivity contribution in [3.63, 3.8) is 0 Å². The van der Waals surface area contributed by atoms with Gasteiger partial charge in [-0.2, -0.15) is 4.31 Å². The Bertz CT molecular complexity index is 627. The molecule has 1 saturated carbocycles. The normalized spacial score (nSPS) is 27.3. The predicted octanol–water partition coefficient (Wildman–Crippen LogP) is 3.48. The van der Waals surface area contributed by atoms with Crippen LogP contribution in [0.3, 0.4) is 0 Å². The number of sulfonamides is 1. The maximum Gasteiger partial charge on any atom is 0.243 e. The standard InChI is InChI=1S/C16H22FNO2S/c1-12-8-9-14(17)11-16(12)21(19,20)18-10-4-6-13-5-2-3-7-15(13)18/h8-9,11,13,15H,2-7,10H2,1H3. The van der Waals surface area contributed by atoms with Gasteiger partial charge in [0, 0.05) is 12.6 Å². The second-order valence-electron chi connectivity index (χ2n) is 6.28. The van der Waals surface area contributed by atoms with Gasteiger partial charge in [0.25, 0.3) is 0 Å². The molecule has 0 aromatic heterocycles. The molecule has 5 heteroatoms. The van der Waals surface area contributed by atoms with Crippen LogP contribution in [0, 0.1) is 18.7 Å². The van der Waals surface area contributed by atoms with Gasteiger partial charge in [-0.1, -0.05) is 18.9 Å². The van der Waals surface area contributed by atoms with E-state index in [4.69, 9.17) is 0 Å². The van der Waals surface area contributed by atoms with Crippen molar-refractivity contribution in [2.75, 3.05) is 6.54 Å². The Labute approximate surface area is 126 Å². The fourth-order valence-corrected chi connectivity index (χ4v) is 5.85. The summed E-state index contributed by atoms with van der Waals surface area (Å²) in [5.74, 6) is -0.00693. The number of piperidine rings is 1. The summed E-state index contributed by atoms with van der Waals surface area (Å²) in [4.78, 5) is 0.133. The lowest BCUT2D eigenvalue weighted by molar-refractivity contribution is 0.129. The Balaban J connectivity index is 1.98. The first kappa shape index (κ1) is 15.0. The molecule has 0 spiro atoms. The van der Waals surface area contributed by atoms with Gasteiger partial charge in [0.1, 0.15) is 5.82 Å². The van der Waals surface area contributed by atoms with Crippen molar-refractivity contribution in [2.45, 2.75) is 56.4 Å². The molecular weight excluding hydrogens is 289 g/mol. The number of hydrogen-bond acceptors (Lipinski definition) is 2. The van der Waals surface area contributed by atoms with Crippen molar-refractivity contribution in [1.29, 1.82) is 0 Å². The average Bonchev–Trinajstić information content (AvgIpc) is 2.49. The largest absolute Gasteiger partial charge is 0.243 e. The average molecular weight is 311 g/mol. The van der Waals surface area contributed by atoms with Crippen LogP contribution in [0.1, 0.15) is 44.1 Å². The molecule has 1 aromatic carbocycles. The number of aryl methyl sites for hydroxylation is 1. The Morgan fingerprint density at radius 3 is 2.67 bits per heavy atom. The van der Waals surface area contributed by atoms with Crippen LogP contribution in [0.15, 0.2) is 23.1 Å². The van der Waals surface area contributed by atoms with Crippen molar-refractivity contribution in [3.8, 4) is 0 Å². The van der Waals surface area contributed by atoms with Crippen LogP contribution < -0.4 is 0 Å². The van der Waals surface area contributed by atoms with Crippen LogP contribution in [0.2, 0.25) is 0 Å². The molecule has 1 saturated heterocycles. The summed E-state index contributed by atoms with van der Waals surface area (Å²) < 4.78 is 41.1. The summed E-state index contributed by atoms with van der Waals surface area (Å²) in [5, 5.41) is 0. The zero-order chi connectivity index (χ0) is 15.0. The fraction of sp³-hybridized carbons (Fsp3) is 0.625. The van der Waals surface area contributed by atoms with Gasteiger partial charge >= 0.3 is 0 Å². The van der Waals surface area contributed by atoms with Crippen LogP contribution in [0.25, 0.3) is 0 Å². The minimum atomic E-state index is -3.59. The summed E-state index contributed by atoms with van der Waals surface area (Å²) in [6, 6.07) is 4.13. The van der Waals surface area contributed by atoms with Gasteiger partial charge < -0.3 is 0 Å². The molecule has 2 atom stereocenters. The zero-order valence-corrected chi connectivity index (χ0v) is 13.2. The van der Waals surface area contributed by atoms with Gasteiger partial charge in [-0.15, -0.1) is 0 Å². The monoisotopic (exact) mass is 311 g/mol. The van der Waals surface area contributed by atoms with E-state index in [1.807, 2.05) is 0 Å². The Morgan fingerprint density at radius 1 is 1.14 bits per heavy atom. The second-order valence-corrected chi connectivity index (χ2v) is 8.14. The summed E-state index contributed by atoms with van der Waals surface area (Å²) in [5.41, 5.74) is 0.620. The third kappa shape index (κ3) is 2.73. The van der Waals surface area contributed by atoms with E-state index in [9.17, 15) is 12.8 Å². The van der Waals surface area contributed by atoms with Crippen molar-refractivity contribution in [2.24, 2.45) is 5.92 Å². The molecule has 1 aromatic rings. The fourth-order valence-electron chi connectivity index (χ4n) is 3.86. The number of hydrogen-bond donors (Lipinski definition) is 0. The van der Waals surface area contributed by atoms with Gasteiger partial charge in [0.2, 0.25) is 10.0 Å². The summed E-state index contributed by atoms with van der Waals surface area (Å²) in [6.07, 6.45) is 6.40. The molecule has 2 aliphatic rings. The van der Waals surface area contributed by atoms with E-state index in [1.165, 1.54) is 12.5 Å². The highest BCUT2D eigenvalue weighted by Crippen LogP contribution is 2.38. The lowest BCUT2D eigenvalue weighted by atomic mass is 9.79. The molecule has 21 heavy (non-hydrogen) atoms. The topological polar surface area (TPSA) is 37.4 Å². The van der Waals surface area contributed by atoms with E-state index in [2.05, 4.69) is 0 Å². The molecule has 3 rings (SSSR count). The lowest BCUT2D eigenvalue weighted by Gasteiger charge is -2.43. The van der Waals surface area contributed by atoms with Crippen molar-refractivity contribution < 1.29 is 12.8 Å². The van der Waals surface area contributed by atoms with Crippen molar-refractivity contribution >= 4 is 10.0 Å². The molecule has 3 nitrogen and oxygen atoms in total. The summed E-state index contributed by atoms with van der Waals surface area (Å²) in [6.45, 7) is 2.30. The van der Waals surface area contributed by atoms with Gasteiger partial charge in [-0.25, -0.2) is 12.8 Å². The summed E-state index contributed by atoms with van der Waals surface area (Å²) >= 11 is 0.